The lowest BCUT2D eigenvalue weighted by Gasteiger charge is -2.07. The molecule has 4 rings (SSSR count). The summed E-state index contributed by atoms with van der Waals surface area (Å²) in [6, 6.07) is 22.9. The topological polar surface area (TPSA) is 51.2 Å². The number of nitrogens with one attached hydrogen (secondary N) is 1. The Morgan fingerprint density at radius 3 is 2.34 bits per heavy atom. The molecule has 0 saturated carbocycles. The van der Waals surface area contributed by atoms with E-state index < -0.39 is 0 Å². The van der Waals surface area contributed by atoms with Crippen LogP contribution < -0.4 is 10.1 Å². The Labute approximate surface area is 171 Å². The van der Waals surface area contributed by atoms with Gasteiger partial charge in [0.05, 0.1) is 23.2 Å². The number of benzene rings is 3. The Morgan fingerprint density at radius 2 is 1.62 bits per heavy atom. The molecule has 0 aliphatic carbocycles. The molecule has 0 aliphatic rings. The van der Waals surface area contributed by atoms with Crippen molar-refractivity contribution < 1.29 is 13.9 Å². The summed E-state index contributed by atoms with van der Waals surface area (Å²) in [7, 11) is 1.52. The van der Waals surface area contributed by atoms with Crippen molar-refractivity contribution >= 4 is 22.4 Å². The minimum absolute atomic E-state index is 0.304. The number of nitrogens with zero attached hydrogens (tertiary/aromatic N) is 1. The first-order valence-electron chi connectivity index (χ1n) is 8.92. The molecule has 1 N–H and O–H groups in total. The molecule has 0 saturated heterocycles. The molecule has 3 aromatic carbocycles. The van der Waals surface area contributed by atoms with Crippen LogP contribution >= 0.6 is 11.3 Å². The summed E-state index contributed by atoms with van der Waals surface area (Å²) in [4.78, 5) is 18.3. The van der Waals surface area contributed by atoms with E-state index >= 15 is 0 Å². The Hall–Kier alpha value is -3.51. The van der Waals surface area contributed by atoms with Crippen molar-refractivity contribution in [1.82, 2.24) is 4.98 Å². The molecule has 1 heterocycles. The van der Waals surface area contributed by atoms with E-state index in [0.717, 1.165) is 16.0 Å². The second-order valence-electron chi connectivity index (χ2n) is 6.22. The zero-order chi connectivity index (χ0) is 20.2. The van der Waals surface area contributed by atoms with E-state index in [1.807, 2.05) is 30.3 Å². The van der Waals surface area contributed by atoms with Gasteiger partial charge in [-0.05, 0) is 42.0 Å². The summed E-state index contributed by atoms with van der Waals surface area (Å²) in [5, 5.41) is 3.32. The second kappa shape index (κ2) is 8.24. The maximum Gasteiger partial charge on any atom is 0.261 e. The van der Waals surface area contributed by atoms with Gasteiger partial charge >= 0.3 is 0 Å². The van der Waals surface area contributed by atoms with Crippen LogP contribution in [-0.4, -0.2) is 18.0 Å². The minimum atomic E-state index is -0.310. The number of halogens is 1. The van der Waals surface area contributed by atoms with E-state index in [0.29, 0.717) is 22.1 Å². The summed E-state index contributed by atoms with van der Waals surface area (Å²) in [5.41, 5.74) is 2.87. The SMILES string of the molecule is COc1ccccc1C(=O)Nc1nc(-c2ccc(F)cc2)c(-c2ccccc2)s1. The summed E-state index contributed by atoms with van der Waals surface area (Å²) in [5.74, 6) is -0.125. The third-order valence-electron chi connectivity index (χ3n) is 4.35. The number of para-hydroxylation sites is 1. The summed E-state index contributed by atoms with van der Waals surface area (Å²) < 4.78 is 18.6. The van der Waals surface area contributed by atoms with Gasteiger partial charge in [-0.2, -0.15) is 0 Å². The molecule has 0 aliphatic heterocycles. The van der Waals surface area contributed by atoms with Crippen molar-refractivity contribution in [2.75, 3.05) is 12.4 Å². The van der Waals surface area contributed by atoms with Crippen molar-refractivity contribution in [3.05, 3.63) is 90.2 Å². The smallest absolute Gasteiger partial charge is 0.261 e. The van der Waals surface area contributed by atoms with Gasteiger partial charge in [-0.25, -0.2) is 9.37 Å². The van der Waals surface area contributed by atoms with Crippen LogP contribution in [0.3, 0.4) is 0 Å². The highest BCUT2D eigenvalue weighted by atomic mass is 32.1. The molecule has 0 atom stereocenters. The van der Waals surface area contributed by atoms with Gasteiger partial charge in [-0.1, -0.05) is 53.8 Å². The predicted molar refractivity (Wildman–Crippen MR) is 114 cm³/mol. The average Bonchev–Trinajstić information content (AvgIpc) is 3.18. The number of rotatable bonds is 5. The van der Waals surface area contributed by atoms with Gasteiger partial charge in [0.15, 0.2) is 5.13 Å². The van der Waals surface area contributed by atoms with Crippen molar-refractivity contribution in [3.8, 4) is 27.4 Å². The van der Waals surface area contributed by atoms with E-state index in [-0.39, 0.29) is 11.7 Å². The van der Waals surface area contributed by atoms with Gasteiger partial charge in [-0.15, -0.1) is 0 Å². The van der Waals surface area contributed by atoms with E-state index in [9.17, 15) is 9.18 Å². The van der Waals surface area contributed by atoms with Crippen LogP contribution in [0.1, 0.15) is 10.4 Å². The lowest BCUT2D eigenvalue weighted by atomic mass is 10.1. The second-order valence-corrected chi connectivity index (χ2v) is 7.22. The molecular formula is C23H17FN2O2S. The number of carbonyl (C=O) groups excluding carboxylic acids is 1. The molecule has 0 bridgehead atoms. The Morgan fingerprint density at radius 1 is 0.931 bits per heavy atom. The third kappa shape index (κ3) is 4.02. The normalized spacial score (nSPS) is 10.6. The zero-order valence-electron chi connectivity index (χ0n) is 15.6. The van der Waals surface area contributed by atoms with E-state index in [4.69, 9.17) is 4.74 Å². The molecular weight excluding hydrogens is 387 g/mol. The summed E-state index contributed by atoms with van der Waals surface area (Å²) in [6.07, 6.45) is 0. The quantitative estimate of drug-likeness (QED) is 0.452. The van der Waals surface area contributed by atoms with Crippen molar-refractivity contribution in [2.45, 2.75) is 0 Å². The van der Waals surface area contributed by atoms with Gasteiger partial charge < -0.3 is 4.74 Å². The third-order valence-corrected chi connectivity index (χ3v) is 5.37. The number of hydrogen-bond acceptors (Lipinski definition) is 4. The van der Waals surface area contributed by atoms with Crippen LogP contribution in [0.5, 0.6) is 5.75 Å². The number of hydrogen-bond donors (Lipinski definition) is 1. The first-order valence-corrected chi connectivity index (χ1v) is 9.74. The van der Waals surface area contributed by atoms with Crippen molar-refractivity contribution in [2.24, 2.45) is 0 Å². The van der Waals surface area contributed by atoms with Crippen LogP contribution in [0.4, 0.5) is 9.52 Å². The summed E-state index contributed by atoms with van der Waals surface area (Å²) >= 11 is 1.37. The molecule has 1 aromatic heterocycles. The number of carbonyl (C=O) groups is 1. The molecule has 144 valence electrons. The fourth-order valence-electron chi connectivity index (χ4n) is 2.96. The molecule has 29 heavy (non-hydrogen) atoms. The molecule has 0 unspecified atom stereocenters. The standard InChI is InChI=1S/C23H17FN2O2S/c1-28-19-10-6-5-9-18(19)22(27)26-23-25-20(15-11-13-17(24)14-12-15)21(29-23)16-7-3-2-4-8-16/h2-14H,1H3,(H,25,26,27). The summed E-state index contributed by atoms with van der Waals surface area (Å²) in [6.45, 7) is 0. The van der Waals surface area contributed by atoms with Crippen LogP contribution in [-0.2, 0) is 0 Å². The predicted octanol–water partition coefficient (Wildman–Crippen LogP) is 5.88. The highest BCUT2D eigenvalue weighted by Crippen LogP contribution is 2.39. The van der Waals surface area contributed by atoms with Crippen LogP contribution in [0, 0.1) is 5.82 Å². The van der Waals surface area contributed by atoms with Gasteiger partial charge in [0.25, 0.3) is 5.91 Å². The highest BCUT2D eigenvalue weighted by molar-refractivity contribution is 7.19. The number of amides is 1. The largest absolute Gasteiger partial charge is 0.496 e. The number of methoxy groups -OCH3 is 1. The maximum atomic E-state index is 13.4. The number of thiazole rings is 1. The lowest BCUT2D eigenvalue weighted by molar-refractivity contribution is 0.102. The number of aromatic nitrogens is 1. The molecule has 6 heteroatoms. The molecule has 4 aromatic rings. The average molecular weight is 404 g/mol. The first kappa shape index (κ1) is 18.8. The highest BCUT2D eigenvalue weighted by Gasteiger charge is 2.18. The van der Waals surface area contributed by atoms with Gasteiger partial charge in [0.2, 0.25) is 0 Å². The van der Waals surface area contributed by atoms with Crippen molar-refractivity contribution in [3.63, 3.8) is 0 Å². The molecule has 0 spiro atoms. The van der Waals surface area contributed by atoms with E-state index in [1.165, 1.54) is 30.6 Å². The Bertz CT molecular complexity index is 1140. The van der Waals surface area contributed by atoms with Crippen LogP contribution in [0.25, 0.3) is 21.7 Å². The van der Waals surface area contributed by atoms with E-state index in [2.05, 4.69) is 10.3 Å². The maximum absolute atomic E-state index is 13.4. The molecule has 4 nitrogen and oxygen atoms in total. The van der Waals surface area contributed by atoms with Crippen LogP contribution in [0.2, 0.25) is 0 Å². The minimum Gasteiger partial charge on any atom is -0.496 e. The fraction of sp³-hybridized carbons (Fsp3) is 0.0435. The fourth-order valence-corrected chi connectivity index (χ4v) is 3.95. The monoisotopic (exact) mass is 404 g/mol. The van der Waals surface area contributed by atoms with E-state index in [1.54, 1.807) is 36.4 Å². The molecule has 0 radical (unpaired) electrons. The van der Waals surface area contributed by atoms with Gasteiger partial charge in [0.1, 0.15) is 11.6 Å². The number of anilines is 1. The lowest BCUT2D eigenvalue weighted by Crippen LogP contribution is -2.12. The van der Waals surface area contributed by atoms with Crippen molar-refractivity contribution in [1.29, 1.82) is 0 Å². The first-order chi connectivity index (χ1) is 14.2. The Balaban J connectivity index is 1.73. The molecule has 0 fully saturated rings. The Kier molecular flexibility index (Phi) is 5.35. The van der Waals surface area contributed by atoms with Gasteiger partial charge in [-0.3, -0.25) is 10.1 Å². The number of ether oxygens (including phenoxy) is 1. The molecule has 1 amide bonds. The van der Waals surface area contributed by atoms with Crippen LogP contribution in [0.15, 0.2) is 78.9 Å². The van der Waals surface area contributed by atoms with Gasteiger partial charge in [0, 0.05) is 5.56 Å². The zero-order valence-corrected chi connectivity index (χ0v) is 16.4.